The molecule has 0 radical (unpaired) electrons. The summed E-state index contributed by atoms with van der Waals surface area (Å²) < 4.78 is 15.6. The van der Waals surface area contributed by atoms with Crippen molar-refractivity contribution in [2.24, 2.45) is 0 Å². The van der Waals surface area contributed by atoms with Crippen molar-refractivity contribution in [3.05, 3.63) is 88.5 Å². The van der Waals surface area contributed by atoms with E-state index in [1.165, 1.54) is 26.4 Å². The molecule has 0 aromatic heterocycles. The first-order chi connectivity index (χ1) is 18.4. The fourth-order valence-electron chi connectivity index (χ4n) is 4.31. The summed E-state index contributed by atoms with van der Waals surface area (Å²) in [4.78, 5) is 29.9. The molecule has 4 rings (SSSR count). The molecule has 1 aliphatic rings. The van der Waals surface area contributed by atoms with E-state index in [0.717, 1.165) is 11.1 Å². The van der Waals surface area contributed by atoms with Crippen LogP contribution in [0.4, 0.5) is 0 Å². The Kier molecular flexibility index (Phi) is 8.43. The second kappa shape index (κ2) is 11.9. The van der Waals surface area contributed by atoms with E-state index in [1.807, 2.05) is 42.5 Å². The van der Waals surface area contributed by atoms with Gasteiger partial charge in [-0.25, -0.2) is 0 Å². The molecule has 198 valence electrons. The number of hydrogen-bond acceptors (Lipinski definition) is 6. The van der Waals surface area contributed by atoms with Crippen molar-refractivity contribution in [2.45, 2.75) is 0 Å². The quantitative estimate of drug-likeness (QED) is 0.448. The molecule has 1 saturated heterocycles. The molecule has 2 amide bonds. The van der Waals surface area contributed by atoms with Crippen molar-refractivity contribution in [2.75, 3.05) is 47.5 Å². The molecular weight excluding hydrogens is 508 g/mol. The van der Waals surface area contributed by atoms with Crippen LogP contribution in [0.5, 0.6) is 23.0 Å². The van der Waals surface area contributed by atoms with Gasteiger partial charge in [-0.3, -0.25) is 9.59 Å². The fraction of sp³-hybridized carbons (Fsp3) is 0.241. The Labute approximate surface area is 226 Å². The van der Waals surface area contributed by atoms with Crippen LogP contribution >= 0.6 is 11.6 Å². The fourth-order valence-corrected chi connectivity index (χ4v) is 4.55. The third-order valence-corrected chi connectivity index (χ3v) is 6.77. The molecule has 0 aliphatic carbocycles. The minimum Gasteiger partial charge on any atom is -0.502 e. The second-order valence-corrected chi connectivity index (χ2v) is 9.02. The molecule has 0 unspecified atom stereocenters. The third-order valence-electron chi connectivity index (χ3n) is 6.44. The van der Waals surface area contributed by atoms with Crippen molar-refractivity contribution < 1.29 is 28.9 Å². The highest BCUT2D eigenvalue weighted by Gasteiger charge is 2.26. The van der Waals surface area contributed by atoms with Gasteiger partial charge >= 0.3 is 0 Å². The van der Waals surface area contributed by atoms with Gasteiger partial charge in [-0.2, -0.15) is 0 Å². The lowest BCUT2D eigenvalue weighted by molar-refractivity contribution is -0.127. The monoisotopic (exact) mass is 536 g/mol. The zero-order chi connectivity index (χ0) is 27.2. The predicted octanol–water partition coefficient (Wildman–Crippen LogP) is 4.49. The first-order valence-corrected chi connectivity index (χ1v) is 12.4. The summed E-state index contributed by atoms with van der Waals surface area (Å²) in [6.45, 7) is 1.44. The smallest absolute Gasteiger partial charge is 0.254 e. The summed E-state index contributed by atoms with van der Waals surface area (Å²) in [6.07, 6.45) is 1.59. The summed E-state index contributed by atoms with van der Waals surface area (Å²) in [7, 11) is 4.41. The summed E-state index contributed by atoms with van der Waals surface area (Å²) in [5.41, 5.74) is 2.61. The lowest BCUT2D eigenvalue weighted by Crippen LogP contribution is -2.50. The van der Waals surface area contributed by atoms with Crippen LogP contribution in [0.3, 0.4) is 0 Å². The Balaban J connectivity index is 1.52. The molecule has 1 aliphatic heterocycles. The third kappa shape index (κ3) is 5.70. The maximum Gasteiger partial charge on any atom is 0.254 e. The number of phenolic OH excluding ortho intramolecular Hbond substituents is 1. The normalized spacial score (nSPS) is 13.7. The van der Waals surface area contributed by atoms with Gasteiger partial charge < -0.3 is 29.1 Å². The minimum absolute atomic E-state index is 0.150. The van der Waals surface area contributed by atoms with Crippen LogP contribution in [0.1, 0.15) is 21.5 Å². The van der Waals surface area contributed by atoms with Crippen molar-refractivity contribution in [1.29, 1.82) is 0 Å². The van der Waals surface area contributed by atoms with Crippen molar-refractivity contribution in [3.63, 3.8) is 0 Å². The Bertz CT molecular complexity index is 1320. The number of methoxy groups -OCH3 is 3. The summed E-state index contributed by atoms with van der Waals surface area (Å²) in [5.74, 6) is 0.438. The largest absolute Gasteiger partial charge is 0.502 e. The first kappa shape index (κ1) is 26.9. The Hall–Kier alpha value is -4.17. The summed E-state index contributed by atoms with van der Waals surface area (Å²) in [6, 6.07) is 17.8. The number of carbonyl (C=O) groups is 2. The number of hydrogen-bond donors (Lipinski definition) is 1. The minimum atomic E-state index is -0.237. The van der Waals surface area contributed by atoms with Crippen LogP contribution in [0, 0.1) is 0 Å². The van der Waals surface area contributed by atoms with Crippen molar-refractivity contribution in [3.8, 4) is 23.0 Å². The molecule has 3 aromatic carbocycles. The maximum atomic E-state index is 13.4. The van der Waals surface area contributed by atoms with E-state index in [4.69, 9.17) is 25.8 Å². The zero-order valence-corrected chi connectivity index (χ0v) is 22.2. The van der Waals surface area contributed by atoms with E-state index < -0.39 is 0 Å². The van der Waals surface area contributed by atoms with E-state index in [2.05, 4.69) is 0 Å². The average Bonchev–Trinajstić information content (AvgIpc) is 2.96. The van der Waals surface area contributed by atoms with Crippen molar-refractivity contribution >= 4 is 29.0 Å². The lowest BCUT2D eigenvalue weighted by atomic mass is 9.97. The Morgan fingerprint density at radius 3 is 1.95 bits per heavy atom. The van der Waals surface area contributed by atoms with E-state index >= 15 is 0 Å². The van der Waals surface area contributed by atoms with Gasteiger partial charge in [0.25, 0.3) is 5.91 Å². The van der Waals surface area contributed by atoms with Gasteiger partial charge in [-0.05, 0) is 41.5 Å². The number of nitrogens with zero attached hydrogens (tertiary/aromatic N) is 2. The molecular formula is C29H29ClN2O6. The molecule has 3 aromatic rings. The molecule has 0 spiro atoms. The molecule has 1 fully saturated rings. The number of phenols is 1. The Morgan fingerprint density at radius 2 is 1.39 bits per heavy atom. The SMILES string of the molecule is COc1ccc(/C(=C/C(=O)N2CCN(C(=O)c3cc(OC)c(O)c(OC)c3)CC2)c2ccccc2Cl)cc1. The topological polar surface area (TPSA) is 88.5 Å². The molecule has 0 bridgehead atoms. The maximum absolute atomic E-state index is 13.4. The molecule has 1 heterocycles. The molecule has 8 nitrogen and oxygen atoms in total. The number of ether oxygens (including phenoxy) is 3. The van der Waals surface area contributed by atoms with Gasteiger partial charge in [0.05, 0.1) is 21.3 Å². The number of piperazine rings is 1. The van der Waals surface area contributed by atoms with Crippen LogP contribution in [-0.2, 0) is 4.79 Å². The van der Waals surface area contributed by atoms with E-state index in [1.54, 1.807) is 29.1 Å². The molecule has 0 saturated carbocycles. The number of rotatable bonds is 7. The van der Waals surface area contributed by atoms with Gasteiger partial charge in [0.2, 0.25) is 11.7 Å². The molecule has 0 atom stereocenters. The number of benzene rings is 3. The Morgan fingerprint density at radius 1 is 0.816 bits per heavy atom. The number of halogens is 1. The van der Waals surface area contributed by atoms with Crippen LogP contribution < -0.4 is 14.2 Å². The highest BCUT2D eigenvalue weighted by molar-refractivity contribution is 6.32. The molecule has 1 N–H and O–H groups in total. The van der Waals surface area contributed by atoms with Crippen LogP contribution in [0.25, 0.3) is 5.57 Å². The van der Waals surface area contributed by atoms with Crippen LogP contribution in [0.15, 0.2) is 66.7 Å². The second-order valence-electron chi connectivity index (χ2n) is 8.61. The zero-order valence-electron chi connectivity index (χ0n) is 21.4. The number of amides is 2. The van der Waals surface area contributed by atoms with Gasteiger partial charge in [0.1, 0.15) is 5.75 Å². The standard InChI is InChI=1S/C29H29ClN2O6/c1-36-21-10-8-19(9-11-21)23(22-6-4-5-7-24(22)30)18-27(33)31-12-14-32(15-13-31)29(35)20-16-25(37-2)28(34)26(17-20)38-3/h4-11,16-18,34H,12-15H2,1-3H3/b23-18-. The summed E-state index contributed by atoms with van der Waals surface area (Å²) >= 11 is 6.49. The number of carbonyl (C=O) groups excluding carboxylic acids is 2. The van der Waals surface area contributed by atoms with Crippen molar-refractivity contribution in [1.82, 2.24) is 9.80 Å². The number of aromatic hydroxyl groups is 1. The van der Waals surface area contributed by atoms with Gasteiger partial charge in [-0.15, -0.1) is 0 Å². The van der Waals surface area contributed by atoms with Gasteiger partial charge in [0, 0.05) is 48.4 Å². The van der Waals surface area contributed by atoms with E-state index in [0.29, 0.717) is 48.1 Å². The van der Waals surface area contributed by atoms with Crippen LogP contribution in [-0.4, -0.2) is 74.2 Å². The van der Waals surface area contributed by atoms with Gasteiger partial charge in [-0.1, -0.05) is 41.9 Å². The van der Waals surface area contributed by atoms with Gasteiger partial charge in [0.15, 0.2) is 11.5 Å². The first-order valence-electron chi connectivity index (χ1n) is 12.0. The van der Waals surface area contributed by atoms with Crippen LogP contribution in [0.2, 0.25) is 5.02 Å². The highest BCUT2D eigenvalue weighted by Crippen LogP contribution is 2.37. The summed E-state index contributed by atoms with van der Waals surface area (Å²) in [5, 5.41) is 10.7. The van der Waals surface area contributed by atoms with E-state index in [9.17, 15) is 14.7 Å². The predicted molar refractivity (Wildman–Crippen MR) is 145 cm³/mol. The lowest BCUT2D eigenvalue weighted by Gasteiger charge is -2.34. The average molecular weight is 537 g/mol. The molecule has 9 heteroatoms. The highest BCUT2D eigenvalue weighted by atomic mass is 35.5. The van der Waals surface area contributed by atoms with E-state index in [-0.39, 0.29) is 29.1 Å². The molecule has 38 heavy (non-hydrogen) atoms.